The fraction of sp³-hybridized carbons (Fsp3) is 0.214. The molecule has 114 valence electrons. The quantitative estimate of drug-likeness (QED) is 0.640. The number of rotatable bonds is 4. The summed E-state index contributed by atoms with van der Waals surface area (Å²) in [6.07, 6.45) is 0. The van der Waals surface area contributed by atoms with E-state index in [-0.39, 0.29) is 16.8 Å². The summed E-state index contributed by atoms with van der Waals surface area (Å²) >= 11 is 2.97. The number of amides is 1. The predicted octanol–water partition coefficient (Wildman–Crippen LogP) is 2.74. The molecule has 0 aliphatic heterocycles. The number of carbonyl (C=O) groups is 1. The highest BCUT2D eigenvalue weighted by atomic mass is 32.2. The van der Waals surface area contributed by atoms with E-state index in [0.29, 0.717) is 16.7 Å². The molecule has 0 fully saturated rings. The van der Waals surface area contributed by atoms with Gasteiger partial charge in [-0.05, 0) is 32.0 Å². The van der Waals surface area contributed by atoms with Gasteiger partial charge in [-0.2, -0.15) is 0 Å². The molecule has 0 radical (unpaired) electrons. The van der Waals surface area contributed by atoms with Gasteiger partial charge in [-0.1, -0.05) is 11.8 Å². The van der Waals surface area contributed by atoms with Crippen LogP contribution >= 0.6 is 23.1 Å². The zero-order valence-electron chi connectivity index (χ0n) is 12.0. The molecule has 2 aromatic heterocycles. The number of fused-ring (bicyclic) bond motifs is 1. The number of aryl methyl sites for hydroxylation is 1. The third kappa shape index (κ3) is 3.23. The van der Waals surface area contributed by atoms with Crippen molar-refractivity contribution in [2.45, 2.75) is 23.4 Å². The van der Waals surface area contributed by atoms with E-state index < -0.39 is 0 Å². The molecule has 0 aliphatic rings. The summed E-state index contributed by atoms with van der Waals surface area (Å²) < 4.78 is 0.880. The number of hydrogen-bond donors (Lipinski definition) is 3. The van der Waals surface area contributed by atoms with Crippen LogP contribution in [0.2, 0.25) is 0 Å². The van der Waals surface area contributed by atoms with Gasteiger partial charge in [0.2, 0.25) is 5.91 Å². The van der Waals surface area contributed by atoms with Crippen molar-refractivity contribution in [3.63, 3.8) is 0 Å². The van der Waals surface area contributed by atoms with Gasteiger partial charge in [-0.15, -0.1) is 11.3 Å². The van der Waals surface area contributed by atoms with E-state index in [9.17, 15) is 9.59 Å². The molecule has 3 N–H and O–H groups in total. The Labute approximate surface area is 134 Å². The zero-order valence-corrected chi connectivity index (χ0v) is 13.6. The molecule has 0 saturated heterocycles. The third-order valence-corrected chi connectivity index (χ3v) is 5.22. The number of nitrogens with zero attached hydrogens (tertiary/aromatic N) is 1. The van der Waals surface area contributed by atoms with Gasteiger partial charge in [0.25, 0.3) is 0 Å². The number of imidazole rings is 1. The van der Waals surface area contributed by atoms with E-state index in [1.807, 2.05) is 19.2 Å². The summed E-state index contributed by atoms with van der Waals surface area (Å²) in [5, 5.41) is 4.55. The molecule has 22 heavy (non-hydrogen) atoms. The average Bonchev–Trinajstić information content (AvgIpc) is 3.03. The normalized spacial score (nSPS) is 12.5. The number of aromatic amines is 2. The molecular weight excluding hydrogens is 320 g/mol. The molecule has 0 saturated carbocycles. The van der Waals surface area contributed by atoms with Crippen molar-refractivity contribution >= 4 is 45.7 Å². The molecule has 1 atom stereocenters. The number of hydrogen-bond acceptors (Lipinski definition) is 5. The molecule has 0 bridgehead atoms. The average molecular weight is 334 g/mol. The summed E-state index contributed by atoms with van der Waals surface area (Å²) in [6.45, 7) is 3.77. The Morgan fingerprint density at radius 1 is 1.36 bits per heavy atom. The summed E-state index contributed by atoms with van der Waals surface area (Å²) in [6, 6.07) is 5.25. The number of thiazole rings is 1. The second kappa shape index (κ2) is 5.98. The molecule has 0 spiro atoms. The van der Waals surface area contributed by atoms with E-state index >= 15 is 0 Å². The highest BCUT2D eigenvalue weighted by Crippen LogP contribution is 2.27. The Hall–Kier alpha value is -2.06. The summed E-state index contributed by atoms with van der Waals surface area (Å²) in [4.78, 5) is 33.1. The van der Waals surface area contributed by atoms with Crippen LogP contribution in [0.3, 0.4) is 0 Å². The lowest BCUT2D eigenvalue weighted by Gasteiger charge is -2.10. The second-order valence-corrected chi connectivity index (χ2v) is 7.29. The Morgan fingerprint density at radius 3 is 2.86 bits per heavy atom. The lowest BCUT2D eigenvalue weighted by molar-refractivity contribution is -0.115. The van der Waals surface area contributed by atoms with Gasteiger partial charge >= 0.3 is 5.69 Å². The Balaban J connectivity index is 1.70. The molecule has 3 rings (SSSR count). The SMILES string of the molecule is Cc1csc(SC(C)C(=O)Nc2ccc3[nH]c(=O)[nH]c3c2)n1. The van der Waals surface area contributed by atoms with Crippen LogP contribution in [-0.4, -0.2) is 26.1 Å². The number of aromatic nitrogens is 3. The Bertz CT molecular complexity index is 880. The standard InChI is InChI=1S/C14H14N4O2S2/c1-7-6-21-14(15-7)22-8(2)12(19)16-9-3-4-10-11(5-9)18-13(20)17-10/h3-6,8H,1-2H3,(H,16,19)(H2,17,18,20). The van der Waals surface area contributed by atoms with Crippen molar-refractivity contribution in [2.75, 3.05) is 5.32 Å². The van der Waals surface area contributed by atoms with Gasteiger partial charge < -0.3 is 15.3 Å². The van der Waals surface area contributed by atoms with Crippen LogP contribution in [0.5, 0.6) is 0 Å². The van der Waals surface area contributed by atoms with Gasteiger partial charge in [0.05, 0.1) is 16.3 Å². The first-order chi connectivity index (χ1) is 10.5. The lowest BCUT2D eigenvalue weighted by atomic mass is 10.2. The molecule has 1 unspecified atom stereocenters. The smallest absolute Gasteiger partial charge is 0.323 e. The molecular formula is C14H14N4O2S2. The van der Waals surface area contributed by atoms with Crippen LogP contribution in [0.25, 0.3) is 11.0 Å². The number of anilines is 1. The predicted molar refractivity (Wildman–Crippen MR) is 89.7 cm³/mol. The highest BCUT2D eigenvalue weighted by molar-refractivity contribution is 8.02. The zero-order chi connectivity index (χ0) is 15.7. The van der Waals surface area contributed by atoms with Gasteiger partial charge in [0.1, 0.15) is 0 Å². The lowest BCUT2D eigenvalue weighted by Crippen LogP contribution is -2.22. The van der Waals surface area contributed by atoms with Gasteiger partial charge in [-0.3, -0.25) is 4.79 Å². The van der Waals surface area contributed by atoms with Crippen LogP contribution in [0, 0.1) is 6.92 Å². The minimum atomic E-state index is -0.262. The van der Waals surface area contributed by atoms with Gasteiger partial charge in [-0.25, -0.2) is 9.78 Å². The van der Waals surface area contributed by atoms with Crippen LogP contribution < -0.4 is 11.0 Å². The Morgan fingerprint density at radius 2 is 2.14 bits per heavy atom. The molecule has 3 aromatic rings. The first-order valence-electron chi connectivity index (χ1n) is 6.63. The fourth-order valence-corrected chi connectivity index (χ4v) is 3.93. The summed E-state index contributed by atoms with van der Waals surface area (Å²) in [5.41, 5.74) is 2.72. The van der Waals surface area contributed by atoms with E-state index in [0.717, 1.165) is 10.0 Å². The van der Waals surface area contributed by atoms with E-state index in [2.05, 4.69) is 20.3 Å². The van der Waals surface area contributed by atoms with Crippen molar-refractivity contribution in [2.24, 2.45) is 0 Å². The highest BCUT2D eigenvalue weighted by Gasteiger charge is 2.16. The molecule has 1 amide bonds. The van der Waals surface area contributed by atoms with E-state index in [1.165, 1.54) is 23.1 Å². The molecule has 6 nitrogen and oxygen atoms in total. The maximum Gasteiger partial charge on any atom is 0.323 e. The maximum atomic E-state index is 12.2. The molecule has 0 aliphatic carbocycles. The number of carbonyl (C=O) groups excluding carboxylic acids is 1. The minimum Gasteiger partial charge on any atom is -0.325 e. The topological polar surface area (TPSA) is 90.6 Å². The van der Waals surface area contributed by atoms with Crippen LogP contribution in [-0.2, 0) is 4.79 Å². The maximum absolute atomic E-state index is 12.2. The van der Waals surface area contributed by atoms with E-state index in [4.69, 9.17) is 0 Å². The molecule has 8 heteroatoms. The summed E-state index contributed by atoms with van der Waals surface area (Å²) in [7, 11) is 0. The van der Waals surface area contributed by atoms with Crippen molar-refractivity contribution in [1.29, 1.82) is 0 Å². The van der Waals surface area contributed by atoms with Crippen molar-refractivity contribution < 1.29 is 4.79 Å². The first kappa shape index (κ1) is 14.9. The molecule has 2 heterocycles. The van der Waals surface area contributed by atoms with Crippen molar-refractivity contribution in [3.05, 3.63) is 39.8 Å². The van der Waals surface area contributed by atoms with Crippen molar-refractivity contribution in [3.8, 4) is 0 Å². The summed E-state index contributed by atoms with van der Waals surface area (Å²) in [5.74, 6) is -0.102. The number of thioether (sulfide) groups is 1. The molecule has 1 aromatic carbocycles. The van der Waals surface area contributed by atoms with Crippen LogP contribution in [0.4, 0.5) is 5.69 Å². The number of benzene rings is 1. The van der Waals surface area contributed by atoms with E-state index in [1.54, 1.807) is 18.2 Å². The Kier molecular flexibility index (Phi) is 4.04. The van der Waals surface area contributed by atoms with Crippen LogP contribution in [0.1, 0.15) is 12.6 Å². The monoisotopic (exact) mass is 334 g/mol. The van der Waals surface area contributed by atoms with Gasteiger partial charge in [0, 0.05) is 16.8 Å². The number of H-pyrrole nitrogens is 2. The van der Waals surface area contributed by atoms with Gasteiger partial charge in [0.15, 0.2) is 4.34 Å². The minimum absolute atomic E-state index is 0.102. The third-order valence-electron chi connectivity index (χ3n) is 3.03. The first-order valence-corrected chi connectivity index (χ1v) is 8.39. The fourth-order valence-electron chi connectivity index (χ4n) is 1.95. The largest absolute Gasteiger partial charge is 0.325 e. The second-order valence-electron chi connectivity index (χ2n) is 4.84. The van der Waals surface area contributed by atoms with Crippen molar-refractivity contribution in [1.82, 2.24) is 15.0 Å². The number of nitrogens with one attached hydrogen (secondary N) is 3. The van der Waals surface area contributed by atoms with Crippen LogP contribution in [0.15, 0.2) is 32.7 Å².